The summed E-state index contributed by atoms with van der Waals surface area (Å²) in [5.74, 6) is 1.89. The Morgan fingerprint density at radius 3 is 2.95 bits per heavy atom. The first-order valence-corrected chi connectivity index (χ1v) is 6.90. The molecule has 0 aliphatic carbocycles. The van der Waals surface area contributed by atoms with Crippen molar-refractivity contribution in [2.75, 3.05) is 6.54 Å². The number of hydrogen-bond acceptors (Lipinski definition) is 5. The van der Waals surface area contributed by atoms with Crippen molar-refractivity contribution >= 4 is 15.9 Å². The van der Waals surface area contributed by atoms with E-state index in [0.717, 1.165) is 28.9 Å². The molecule has 0 bridgehead atoms. The van der Waals surface area contributed by atoms with Gasteiger partial charge in [0.25, 0.3) is 5.89 Å². The molecule has 2 rings (SSSR count). The molecule has 0 unspecified atom stereocenters. The first-order chi connectivity index (χ1) is 9.20. The van der Waals surface area contributed by atoms with Gasteiger partial charge < -0.3 is 14.6 Å². The molecule has 1 aromatic carbocycles. The maximum atomic E-state index is 5.78. The second-order valence-electron chi connectivity index (χ2n) is 4.03. The van der Waals surface area contributed by atoms with Crippen LogP contribution in [0.4, 0.5) is 0 Å². The number of nitrogens with zero attached hydrogens (tertiary/aromatic N) is 2. The number of hydrogen-bond donors (Lipinski definition) is 1. The first-order valence-electron chi connectivity index (χ1n) is 6.10. The smallest absolute Gasteiger partial charge is 0.264 e. The van der Waals surface area contributed by atoms with E-state index >= 15 is 0 Å². The highest BCUT2D eigenvalue weighted by atomic mass is 79.9. The Morgan fingerprint density at radius 2 is 2.26 bits per heavy atom. The molecule has 0 aliphatic heterocycles. The van der Waals surface area contributed by atoms with Crippen molar-refractivity contribution in [3.8, 4) is 5.75 Å². The normalized spacial score (nSPS) is 10.7. The van der Waals surface area contributed by atoms with Crippen LogP contribution >= 0.6 is 15.9 Å². The molecule has 1 aromatic heterocycles. The third-order valence-corrected chi connectivity index (χ3v) is 3.15. The lowest BCUT2D eigenvalue weighted by atomic mass is 10.2. The molecular formula is C13H16BrN3O2. The van der Waals surface area contributed by atoms with Gasteiger partial charge >= 0.3 is 0 Å². The lowest BCUT2D eigenvalue weighted by Crippen LogP contribution is -2.13. The summed E-state index contributed by atoms with van der Waals surface area (Å²) in [4.78, 5) is 4.11. The fourth-order valence-corrected chi connectivity index (χ4v) is 2.17. The summed E-state index contributed by atoms with van der Waals surface area (Å²) in [6.07, 6.45) is 0. The Hall–Kier alpha value is -1.40. The lowest BCUT2D eigenvalue weighted by molar-refractivity contribution is 0.239. The number of nitrogens with one attached hydrogen (secondary N) is 1. The van der Waals surface area contributed by atoms with Crippen LogP contribution < -0.4 is 10.1 Å². The Kier molecular flexibility index (Phi) is 4.93. The number of aryl methyl sites for hydroxylation is 1. The number of ether oxygens (including phenoxy) is 1. The number of para-hydroxylation sites is 1. The Morgan fingerprint density at radius 1 is 1.42 bits per heavy atom. The average molecular weight is 326 g/mol. The second-order valence-corrected chi connectivity index (χ2v) is 4.89. The minimum Gasteiger partial charge on any atom is -0.482 e. The second kappa shape index (κ2) is 6.68. The van der Waals surface area contributed by atoms with E-state index < -0.39 is 0 Å². The zero-order chi connectivity index (χ0) is 13.7. The SMILES string of the molecule is CCNCc1cccc(Br)c1OCc1nc(C)no1. The lowest BCUT2D eigenvalue weighted by Gasteiger charge is -2.12. The summed E-state index contributed by atoms with van der Waals surface area (Å²) in [5, 5.41) is 7.02. The molecule has 0 spiro atoms. The van der Waals surface area contributed by atoms with Gasteiger partial charge in [-0.2, -0.15) is 4.98 Å². The van der Waals surface area contributed by atoms with Crippen molar-refractivity contribution in [3.63, 3.8) is 0 Å². The molecular weight excluding hydrogens is 310 g/mol. The zero-order valence-electron chi connectivity index (χ0n) is 10.9. The minimum absolute atomic E-state index is 0.266. The predicted octanol–water partition coefficient (Wildman–Crippen LogP) is 2.83. The average Bonchev–Trinajstić information content (AvgIpc) is 2.81. The largest absolute Gasteiger partial charge is 0.482 e. The highest BCUT2D eigenvalue weighted by Crippen LogP contribution is 2.29. The van der Waals surface area contributed by atoms with Crippen LogP contribution in [0.3, 0.4) is 0 Å². The first kappa shape index (κ1) is 14.0. The van der Waals surface area contributed by atoms with Gasteiger partial charge in [-0.15, -0.1) is 0 Å². The van der Waals surface area contributed by atoms with Crippen LogP contribution in [0.2, 0.25) is 0 Å². The maximum absolute atomic E-state index is 5.78. The van der Waals surface area contributed by atoms with Gasteiger partial charge in [0.05, 0.1) is 4.47 Å². The van der Waals surface area contributed by atoms with E-state index in [0.29, 0.717) is 11.7 Å². The van der Waals surface area contributed by atoms with Crippen molar-refractivity contribution in [1.29, 1.82) is 0 Å². The van der Waals surface area contributed by atoms with E-state index in [1.807, 2.05) is 18.2 Å². The van der Waals surface area contributed by atoms with Crippen LogP contribution in [0.1, 0.15) is 24.2 Å². The predicted molar refractivity (Wildman–Crippen MR) is 74.9 cm³/mol. The Labute approximate surface area is 120 Å². The Balaban J connectivity index is 2.09. The monoisotopic (exact) mass is 325 g/mol. The van der Waals surface area contributed by atoms with Gasteiger partial charge in [-0.1, -0.05) is 24.2 Å². The molecule has 6 heteroatoms. The quantitative estimate of drug-likeness (QED) is 0.884. The van der Waals surface area contributed by atoms with Gasteiger partial charge in [0.2, 0.25) is 0 Å². The van der Waals surface area contributed by atoms with E-state index in [2.05, 4.69) is 38.3 Å². The van der Waals surface area contributed by atoms with Crippen LogP contribution in [0.5, 0.6) is 5.75 Å². The van der Waals surface area contributed by atoms with E-state index in [9.17, 15) is 0 Å². The molecule has 0 amide bonds. The number of aromatic nitrogens is 2. The number of benzene rings is 1. The summed E-state index contributed by atoms with van der Waals surface area (Å²) < 4.78 is 11.7. The van der Waals surface area contributed by atoms with Crippen LogP contribution in [0, 0.1) is 6.92 Å². The van der Waals surface area contributed by atoms with Crippen molar-refractivity contribution in [2.45, 2.75) is 27.0 Å². The molecule has 0 aliphatic rings. The third-order valence-electron chi connectivity index (χ3n) is 2.52. The van der Waals surface area contributed by atoms with Gasteiger partial charge in [-0.05, 0) is 35.5 Å². The van der Waals surface area contributed by atoms with E-state index in [-0.39, 0.29) is 6.61 Å². The highest BCUT2D eigenvalue weighted by molar-refractivity contribution is 9.10. The van der Waals surface area contributed by atoms with Crippen molar-refractivity contribution in [1.82, 2.24) is 15.5 Å². The Bertz CT molecular complexity index is 542. The van der Waals surface area contributed by atoms with Gasteiger partial charge in [-0.25, -0.2) is 0 Å². The van der Waals surface area contributed by atoms with E-state index in [4.69, 9.17) is 9.26 Å². The fraction of sp³-hybridized carbons (Fsp3) is 0.385. The summed E-state index contributed by atoms with van der Waals surface area (Å²) in [7, 11) is 0. The molecule has 1 heterocycles. The van der Waals surface area contributed by atoms with Crippen LogP contribution in [-0.4, -0.2) is 16.7 Å². The fourth-order valence-electron chi connectivity index (χ4n) is 1.65. The van der Waals surface area contributed by atoms with Crippen molar-refractivity contribution in [2.24, 2.45) is 0 Å². The standard InChI is InChI=1S/C13H16BrN3O2/c1-3-15-7-10-5-4-6-11(14)13(10)18-8-12-16-9(2)17-19-12/h4-6,15H,3,7-8H2,1-2H3. The molecule has 5 nitrogen and oxygen atoms in total. The topological polar surface area (TPSA) is 60.2 Å². The van der Waals surface area contributed by atoms with Gasteiger partial charge in [0.1, 0.15) is 5.75 Å². The number of halogens is 1. The van der Waals surface area contributed by atoms with Crippen LogP contribution in [0.25, 0.3) is 0 Å². The van der Waals surface area contributed by atoms with Crippen LogP contribution in [0.15, 0.2) is 27.2 Å². The van der Waals surface area contributed by atoms with Gasteiger partial charge in [-0.3, -0.25) is 0 Å². The van der Waals surface area contributed by atoms with Crippen molar-refractivity contribution < 1.29 is 9.26 Å². The summed E-state index contributed by atoms with van der Waals surface area (Å²) in [6.45, 7) is 5.79. The summed E-state index contributed by atoms with van der Waals surface area (Å²) >= 11 is 3.50. The van der Waals surface area contributed by atoms with Gasteiger partial charge in [0, 0.05) is 12.1 Å². The van der Waals surface area contributed by atoms with Gasteiger partial charge in [0.15, 0.2) is 12.4 Å². The molecule has 2 aromatic rings. The number of rotatable bonds is 6. The van der Waals surface area contributed by atoms with E-state index in [1.54, 1.807) is 6.92 Å². The van der Waals surface area contributed by atoms with Crippen molar-refractivity contribution in [3.05, 3.63) is 40.0 Å². The summed E-state index contributed by atoms with van der Waals surface area (Å²) in [5.41, 5.74) is 1.09. The minimum atomic E-state index is 0.266. The zero-order valence-corrected chi connectivity index (χ0v) is 12.5. The summed E-state index contributed by atoms with van der Waals surface area (Å²) in [6, 6.07) is 5.96. The third kappa shape index (κ3) is 3.78. The van der Waals surface area contributed by atoms with E-state index in [1.165, 1.54) is 0 Å². The molecule has 19 heavy (non-hydrogen) atoms. The molecule has 0 atom stereocenters. The molecule has 0 radical (unpaired) electrons. The molecule has 1 N–H and O–H groups in total. The van der Waals surface area contributed by atoms with Crippen LogP contribution in [-0.2, 0) is 13.2 Å². The maximum Gasteiger partial charge on any atom is 0.264 e. The molecule has 0 fully saturated rings. The molecule has 0 saturated heterocycles. The highest BCUT2D eigenvalue weighted by Gasteiger charge is 2.10. The molecule has 0 saturated carbocycles. The molecule has 102 valence electrons.